The Bertz CT molecular complexity index is 2220. The number of hydrogen-bond acceptors (Lipinski definition) is 13. The van der Waals surface area contributed by atoms with E-state index in [1.165, 1.54) is 0 Å². The highest BCUT2D eigenvalue weighted by Crippen LogP contribution is 2.59. The van der Waals surface area contributed by atoms with E-state index in [9.17, 15) is 24.3 Å². The van der Waals surface area contributed by atoms with E-state index in [0.717, 1.165) is 28.4 Å². The van der Waals surface area contributed by atoms with E-state index < -0.39 is 28.7 Å². The molecule has 4 N–H and O–H groups in total. The predicted molar refractivity (Wildman–Crippen MR) is 217 cm³/mol. The molecule has 14 heteroatoms. The van der Waals surface area contributed by atoms with Gasteiger partial charge < -0.3 is 39.7 Å². The first kappa shape index (κ1) is 38.7. The van der Waals surface area contributed by atoms with Gasteiger partial charge in [-0.15, -0.1) is 0 Å². The summed E-state index contributed by atoms with van der Waals surface area (Å²) in [6.45, 7) is 5.96. The first-order chi connectivity index (χ1) is 26.9. The summed E-state index contributed by atoms with van der Waals surface area (Å²) in [5, 5.41) is 13.6. The minimum absolute atomic E-state index is 0.00399. The zero-order valence-electron chi connectivity index (χ0n) is 32.0. The molecule has 56 heavy (non-hydrogen) atoms. The van der Waals surface area contributed by atoms with Gasteiger partial charge in [-0.05, 0) is 82.0 Å². The third kappa shape index (κ3) is 6.36. The van der Waals surface area contributed by atoms with Crippen LogP contribution in [0.25, 0.3) is 11.0 Å². The molecule has 2 aromatic heterocycles. The maximum Gasteiger partial charge on any atom is 0.339 e. The molecule has 0 radical (unpaired) electrons. The van der Waals surface area contributed by atoms with Gasteiger partial charge in [-0.25, -0.2) is 14.6 Å². The number of aromatic nitrogens is 1. The van der Waals surface area contributed by atoms with E-state index in [1.807, 2.05) is 37.1 Å². The third-order valence-corrected chi connectivity index (χ3v) is 15.7. The van der Waals surface area contributed by atoms with Crippen molar-refractivity contribution in [3.8, 4) is 5.75 Å². The van der Waals surface area contributed by atoms with E-state index in [4.69, 9.17) is 19.6 Å². The van der Waals surface area contributed by atoms with Crippen LogP contribution in [0, 0.1) is 11.8 Å². The number of hydrogen-bond donors (Lipinski definition) is 3. The van der Waals surface area contributed by atoms with Crippen LogP contribution in [0.4, 0.5) is 5.82 Å². The van der Waals surface area contributed by atoms with Crippen LogP contribution in [-0.4, -0.2) is 87.6 Å². The molecule has 8 unspecified atom stereocenters. The average Bonchev–Trinajstić information content (AvgIpc) is 3.53. The highest BCUT2D eigenvalue weighted by Gasteiger charge is 2.64. The number of anilines is 1. The lowest BCUT2D eigenvalue weighted by Gasteiger charge is -2.58. The molecule has 3 aromatic rings. The van der Waals surface area contributed by atoms with E-state index in [2.05, 4.69) is 16.4 Å². The quantitative estimate of drug-likeness (QED) is 0.0751. The lowest BCUT2D eigenvalue weighted by molar-refractivity contribution is -0.183. The second-order valence-electron chi connectivity index (χ2n) is 16.0. The number of rotatable bonds is 7. The Morgan fingerprint density at radius 1 is 1.23 bits per heavy atom. The molecule has 296 valence electrons. The smallest absolute Gasteiger partial charge is 0.339 e. The van der Waals surface area contributed by atoms with Crippen LogP contribution in [0.5, 0.6) is 5.75 Å². The first-order valence-corrected chi connectivity index (χ1v) is 21.7. The number of aldehydes is 1. The van der Waals surface area contributed by atoms with Gasteiger partial charge in [0.05, 0.1) is 18.4 Å². The number of nitrogens with two attached hydrogens (primary N) is 1. The van der Waals surface area contributed by atoms with Crippen LogP contribution in [0.3, 0.4) is 0 Å². The molecule has 12 nitrogen and oxygen atoms in total. The van der Waals surface area contributed by atoms with E-state index >= 15 is 0 Å². The summed E-state index contributed by atoms with van der Waals surface area (Å²) in [6.07, 6.45) is 8.89. The molecule has 5 heterocycles. The average molecular weight is 801 g/mol. The second-order valence-corrected chi connectivity index (χ2v) is 18.6. The summed E-state index contributed by atoms with van der Waals surface area (Å²) in [5.74, 6) is 0.425. The van der Waals surface area contributed by atoms with Crippen molar-refractivity contribution in [2.45, 2.75) is 93.7 Å². The van der Waals surface area contributed by atoms with Crippen LogP contribution < -0.4 is 21.4 Å². The maximum absolute atomic E-state index is 14.4. The fourth-order valence-corrected chi connectivity index (χ4v) is 12.9. The van der Waals surface area contributed by atoms with Gasteiger partial charge in [0.25, 0.3) is 0 Å². The number of carbonyl (C=O) groups is 3. The number of aliphatic hydroxyl groups is 1. The highest BCUT2D eigenvalue weighted by molar-refractivity contribution is 8.77. The van der Waals surface area contributed by atoms with E-state index in [-0.39, 0.29) is 48.1 Å². The molecule has 1 saturated carbocycles. The van der Waals surface area contributed by atoms with E-state index in [1.54, 1.807) is 53.8 Å². The number of ether oxygens (including phenoxy) is 2. The van der Waals surface area contributed by atoms with Crippen molar-refractivity contribution in [2.75, 3.05) is 31.7 Å². The van der Waals surface area contributed by atoms with Crippen molar-refractivity contribution in [1.82, 2.24) is 15.2 Å². The monoisotopic (exact) mass is 800 g/mol. The molecule has 3 aliphatic heterocycles. The number of benzene rings is 1. The van der Waals surface area contributed by atoms with Gasteiger partial charge in [0.1, 0.15) is 23.4 Å². The molecule has 0 bridgehead atoms. The largest absolute Gasteiger partial charge is 0.481 e. The number of aryl methyl sites for hydroxylation is 1. The van der Waals surface area contributed by atoms with Crippen LogP contribution >= 0.6 is 21.6 Å². The number of nitrogens with one attached hydrogen (secondary N) is 1. The van der Waals surface area contributed by atoms with Crippen LogP contribution in [-0.2, 0) is 38.4 Å². The first-order valence-electron chi connectivity index (χ1n) is 19.3. The summed E-state index contributed by atoms with van der Waals surface area (Å²) in [7, 11) is 5.34. The van der Waals surface area contributed by atoms with Gasteiger partial charge >= 0.3 is 11.6 Å². The topological polar surface area (TPSA) is 174 Å². The van der Waals surface area contributed by atoms with Crippen molar-refractivity contribution < 1.29 is 33.4 Å². The zero-order valence-corrected chi connectivity index (χ0v) is 33.7. The molecule has 8 atom stereocenters. The van der Waals surface area contributed by atoms with Gasteiger partial charge in [0, 0.05) is 83.7 Å². The second kappa shape index (κ2) is 15.0. The lowest BCUT2D eigenvalue weighted by atomic mass is 9.61. The van der Waals surface area contributed by atoms with Crippen molar-refractivity contribution >= 4 is 56.5 Å². The summed E-state index contributed by atoms with van der Waals surface area (Å²) < 4.78 is 19.6. The minimum Gasteiger partial charge on any atom is -0.481 e. The van der Waals surface area contributed by atoms with Crippen molar-refractivity contribution in [1.29, 1.82) is 0 Å². The normalized spacial score (nSPS) is 31.1. The zero-order chi connectivity index (χ0) is 39.5. The van der Waals surface area contributed by atoms with Gasteiger partial charge in [-0.1, -0.05) is 39.3 Å². The van der Waals surface area contributed by atoms with Crippen LogP contribution in [0.2, 0.25) is 0 Å². The Morgan fingerprint density at radius 2 is 2.05 bits per heavy atom. The van der Waals surface area contributed by atoms with E-state index in [0.29, 0.717) is 78.3 Å². The number of pyridine rings is 1. The number of esters is 1. The molecule has 1 spiro atoms. The Morgan fingerprint density at radius 3 is 2.80 bits per heavy atom. The number of carbonyl (C=O) groups excluding carboxylic acids is 3. The summed E-state index contributed by atoms with van der Waals surface area (Å²) in [4.78, 5) is 59.9. The fraction of sp³-hybridized carbons (Fsp3) is 0.500. The van der Waals surface area contributed by atoms with Crippen molar-refractivity contribution in [2.24, 2.45) is 11.8 Å². The highest BCUT2D eigenvalue weighted by atomic mass is 33.1. The Balaban J connectivity index is 1.27. The lowest BCUT2D eigenvalue weighted by Crippen LogP contribution is -2.72. The van der Waals surface area contributed by atoms with Crippen LogP contribution in [0.1, 0.15) is 68.2 Å². The van der Waals surface area contributed by atoms with Gasteiger partial charge in [-0.2, -0.15) is 0 Å². The molecular weight excluding hydrogens is 753 g/mol. The van der Waals surface area contributed by atoms with Gasteiger partial charge in [0.15, 0.2) is 11.2 Å². The molecule has 2 fully saturated rings. The Hall–Kier alpha value is -4.11. The molecule has 1 amide bonds. The standard InChI is InChI=1S/C42H48N4O8S2/c1-5-22(2)39(50)54-41(3)9-8-24-21-55-56-33-13-28(20-48)37(44-4)30-19-46(38(30)33)35(49)14-27-18-45-34(43)15-29(27)36(24)42(41)17-26-12-25-11-23(7-6-10-47)40(51)52-31(25)16-32(26)53-42/h5,8,11-12,15-16,18,20,28,30,33,36-38,44,47H,6-7,9-10,13-14,17,19,21H2,1-4H3,(H2,43,45). The van der Waals surface area contributed by atoms with Gasteiger partial charge in [0.2, 0.25) is 5.91 Å². The molecule has 2 aliphatic carbocycles. The van der Waals surface area contributed by atoms with Crippen LogP contribution in [0.15, 0.2) is 63.0 Å². The SMILES string of the molecule is CC=C(C)C(=O)OC1(C)CC=C2CSSC3CC(C=O)C(NC)C4CN(C(=O)Cc5cnc(N)cc5C2C12Cc1cc5cc(CCCO)c(=O)oc5cc1O2)C34. The Labute approximate surface area is 333 Å². The number of nitrogen functional groups attached to an aromatic ring is 1. The fourth-order valence-electron chi connectivity index (χ4n) is 9.78. The van der Waals surface area contributed by atoms with Crippen molar-refractivity contribution in [3.05, 3.63) is 86.4 Å². The van der Waals surface area contributed by atoms with Crippen molar-refractivity contribution in [3.63, 3.8) is 0 Å². The molecule has 5 aliphatic rings. The number of aliphatic hydroxyl groups excluding tert-OH is 1. The number of nitrogens with zero attached hydrogens (tertiary/aromatic N) is 2. The molecule has 1 saturated heterocycles. The minimum atomic E-state index is -1.22. The molecule has 1 aromatic carbocycles. The number of fused-ring (bicyclic) bond motifs is 6. The third-order valence-electron chi connectivity index (χ3n) is 12.9. The predicted octanol–water partition coefficient (Wildman–Crippen LogP) is 4.69. The molecule has 8 rings (SSSR count). The molecular formula is C42H48N4O8S2. The number of allylic oxidation sites excluding steroid dienone is 1. The number of amides is 1. The Kier molecular flexibility index (Phi) is 10.4. The maximum atomic E-state index is 14.4. The summed E-state index contributed by atoms with van der Waals surface area (Å²) >= 11 is 0. The van der Waals surface area contributed by atoms with Gasteiger partial charge in [-0.3, -0.25) is 4.79 Å². The summed E-state index contributed by atoms with van der Waals surface area (Å²) in [5.41, 5.74) is 8.29. The summed E-state index contributed by atoms with van der Waals surface area (Å²) in [6, 6.07) is 7.38.